The molecule has 0 aromatic heterocycles. The Kier molecular flexibility index (Phi) is 7.23. The molecule has 1 N–H and O–H groups in total. The fourth-order valence-electron chi connectivity index (χ4n) is 2.48. The SMILES string of the molecule is CCOP(=O)(OCC)C(Nc1ccc(C#N)cc1)c1ccc(OC)cc1. The molecule has 0 aliphatic heterocycles. The van der Waals surface area contributed by atoms with Crippen LogP contribution in [0.3, 0.4) is 0 Å². The first-order valence-corrected chi connectivity index (χ1v) is 9.97. The molecule has 0 spiro atoms. The maximum Gasteiger partial charge on any atom is 0.357 e. The molecular formula is C19H23N2O4P. The van der Waals surface area contributed by atoms with E-state index in [1.54, 1.807) is 57.4 Å². The van der Waals surface area contributed by atoms with E-state index in [2.05, 4.69) is 11.4 Å². The zero-order chi connectivity index (χ0) is 19.0. The minimum Gasteiger partial charge on any atom is -0.497 e. The second kappa shape index (κ2) is 9.40. The lowest BCUT2D eigenvalue weighted by atomic mass is 10.2. The summed E-state index contributed by atoms with van der Waals surface area (Å²) in [4.78, 5) is 0. The predicted octanol–water partition coefficient (Wildman–Crippen LogP) is 4.94. The summed E-state index contributed by atoms with van der Waals surface area (Å²) in [5.74, 6) is 0.00904. The molecule has 0 aliphatic carbocycles. The highest BCUT2D eigenvalue weighted by Gasteiger charge is 2.37. The van der Waals surface area contributed by atoms with E-state index in [1.807, 2.05) is 12.1 Å². The van der Waals surface area contributed by atoms with Crippen LogP contribution in [-0.2, 0) is 13.6 Å². The van der Waals surface area contributed by atoms with Gasteiger partial charge in [-0.25, -0.2) is 0 Å². The van der Waals surface area contributed by atoms with Gasteiger partial charge in [0.2, 0.25) is 0 Å². The molecule has 6 nitrogen and oxygen atoms in total. The van der Waals surface area contributed by atoms with E-state index in [4.69, 9.17) is 19.0 Å². The topological polar surface area (TPSA) is 80.6 Å². The average Bonchev–Trinajstić information content (AvgIpc) is 2.67. The molecule has 0 saturated carbocycles. The number of benzene rings is 2. The van der Waals surface area contributed by atoms with Crippen molar-refractivity contribution >= 4 is 13.3 Å². The van der Waals surface area contributed by atoms with Gasteiger partial charge in [0.25, 0.3) is 0 Å². The molecule has 0 amide bonds. The number of nitrogens with zero attached hydrogens (tertiary/aromatic N) is 1. The van der Waals surface area contributed by atoms with Crippen LogP contribution in [-0.4, -0.2) is 20.3 Å². The molecule has 2 aromatic rings. The largest absolute Gasteiger partial charge is 0.497 e. The molecule has 2 aromatic carbocycles. The third-order valence-electron chi connectivity index (χ3n) is 3.68. The summed E-state index contributed by atoms with van der Waals surface area (Å²) in [7, 11) is -1.89. The van der Waals surface area contributed by atoms with Crippen molar-refractivity contribution < 1.29 is 18.3 Å². The molecule has 0 heterocycles. The average molecular weight is 374 g/mol. The monoisotopic (exact) mass is 374 g/mol. The fourth-order valence-corrected chi connectivity index (χ4v) is 4.41. The maximum absolute atomic E-state index is 13.4. The Labute approximate surface area is 154 Å². The van der Waals surface area contributed by atoms with Crippen molar-refractivity contribution in [1.29, 1.82) is 5.26 Å². The molecule has 0 fully saturated rings. The van der Waals surface area contributed by atoms with Gasteiger partial charge in [-0.05, 0) is 55.8 Å². The number of anilines is 1. The summed E-state index contributed by atoms with van der Waals surface area (Å²) in [5.41, 5.74) is 2.01. The predicted molar refractivity (Wildman–Crippen MR) is 101 cm³/mol. The highest BCUT2D eigenvalue weighted by atomic mass is 31.2. The van der Waals surface area contributed by atoms with Crippen molar-refractivity contribution in [2.24, 2.45) is 0 Å². The third-order valence-corrected chi connectivity index (χ3v) is 5.98. The molecule has 0 bridgehead atoms. The quantitative estimate of drug-likeness (QED) is 0.626. The Morgan fingerprint density at radius 3 is 2.08 bits per heavy atom. The van der Waals surface area contributed by atoms with E-state index in [9.17, 15) is 4.57 Å². The summed E-state index contributed by atoms with van der Waals surface area (Å²) >= 11 is 0. The van der Waals surface area contributed by atoms with Crippen LogP contribution in [0.25, 0.3) is 0 Å². The van der Waals surface area contributed by atoms with Gasteiger partial charge in [-0.3, -0.25) is 4.57 Å². The van der Waals surface area contributed by atoms with Gasteiger partial charge in [-0.1, -0.05) is 12.1 Å². The van der Waals surface area contributed by atoms with Crippen LogP contribution in [0.2, 0.25) is 0 Å². The summed E-state index contributed by atoms with van der Waals surface area (Å²) in [6.07, 6.45) is 0. The maximum atomic E-state index is 13.4. The number of ether oxygens (including phenoxy) is 1. The van der Waals surface area contributed by atoms with Gasteiger partial charge in [0.15, 0.2) is 5.78 Å². The highest BCUT2D eigenvalue weighted by Crippen LogP contribution is 2.60. The normalized spacial score (nSPS) is 12.2. The number of nitrogens with one attached hydrogen (secondary N) is 1. The van der Waals surface area contributed by atoms with Crippen LogP contribution in [0, 0.1) is 11.3 Å². The van der Waals surface area contributed by atoms with Crippen LogP contribution in [0.1, 0.15) is 30.8 Å². The van der Waals surface area contributed by atoms with E-state index >= 15 is 0 Å². The summed E-state index contributed by atoms with van der Waals surface area (Å²) in [6, 6.07) is 16.2. The molecule has 1 unspecified atom stereocenters. The summed E-state index contributed by atoms with van der Waals surface area (Å²) in [6.45, 7) is 4.08. The Hall–Kier alpha value is -2.32. The lowest BCUT2D eigenvalue weighted by molar-refractivity contribution is 0.214. The van der Waals surface area contributed by atoms with Crippen LogP contribution in [0.4, 0.5) is 5.69 Å². The number of methoxy groups -OCH3 is 1. The Bertz CT molecular complexity index is 775. The van der Waals surface area contributed by atoms with Gasteiger partial charge in [0.05, 0.1) is 32.0 Å². The fraction of sp³-hybridized carbons (Fsp3) is 0.316. The molecule has 0 saturated heterocycles. The Morgan fingerprint density at radius 1 is 1.04 bits per heavy atom. The zero-order valence-corrected chi connectivity index (χ0v) is 16.0. The van der Waals surface area contributed by atoms with Crippen molar-refractivity contribution in [3.05, 3.63) is 59.7 Å². The van der Waals surface area contributed by atoms with Gasteiger partial charge in [-0.2, -0.15) is 5.26 Å². The van der Waals surface area contributed by atoms with E-state index in [0.717, 1.165) is 5.56 Å². The first-order valence-electron chi connectivity index (χ1n) is 8.35. The van der Waals surface area contributed by atoms with Crippen molar-refractivity contribution in [3.8, 4) is 11.8 Å². The smallest absolute Gasteiger partial charge is 0.357 e. The Balaban J connectivity index is 2.41. The second-order valence-corrected chi connectivity index (χ2v) is 7.50. The minimum atomic E-state index is -3.48. The van der Waals surface area contributed by atoms with Crippen molar-refractivity contribution in [1.82, 2.24) is 0 Å². The molecular weight excluding hydrogens is 351 g/mol. The number of hydrogen-bond donors (Lipinski definition) is 1. The summed E-state index contributed by atoms with van der Waals surface area (Å²) in [5, 5.41) is 12.2. The molecule has 26 heavy (non-hydrogen) atoms. The molecule has 7 heteroatoms. The van der Waals surface area contributed by atoms with Gasteiger partial charge in [0.1, 0.15) is 5.75 Å². The zero-order valence-electron chi connectivity index (χ0n) is 15.1. The van der Waals surface area contributed by atoms with E-state index in [-0.39, 0.29) is 13.2 Å². The highest BCUT2D eigenvalue weighted by molar-refractivity contribution is 7.54. The third kappa shape index (κ3) is 4.86. The number of nitriles is 1. The van der Waals surface area contributed by atoms with Crippen LogP contribution < -0.4 is 10.1 Å². The lowest BCUT2D eigenvalue weighted by Crippen LogP contribution is -2.15. The van der Waals surface area contributed by atoms with Gasteiger partial charge in [-0.15, -0.1) is 0 Å². The van der Waals surface area contributed by atoms with E-state index in [0.29, 0.717) is 17.0 Å². The Morgan fingerprint density at radius 2 is 1.62 bits per heavy atom. The molecule has 2 rings (SSSR count). The van der Waals surface area contributed by atoms with Crippen LogP contribution in [0.5, 0.6) is 5.75 Å². The summed E-state index contributed by atoms with van der Waals surface area (Å²) < 4.78 is 29.7. The second-order valence-electron chi connectivity index (χ2n) is 5.38. The molecule has 0 radical (unpaired) electrons. The van der Waals surface area contributed by atoms with Gasteiger partial charge >= 0.3 is 7.60 Å². The van der Waals surface area contributed by atoms with Crippen LogP contribution >= 0.6 is 7.60 Å². The number of rotatable bonds is 9. The molecule has 138 valence electrons. The van der Waals surface area contributed by atoms with E-state index in [1.165, 1.54) is 0 Å². The van der Waals surface area contributed by atoms with Crippen molar-refractivity contribution in [2.75, 3.05) is 25.6 Å². The molecule has 0 aliphatic rings. The first-order chi connectivity index (χ1) is 12.6. The van der Waals surface area contributed by atoms with Crippen molar-refractivity contribution in [3.63, 3.8) is 0 Å². The van der Waals surface area contributed by atoms with Gasteiger partial charge < -0.3 is 19.1 Å². The van der Waals surface area contributed by atoms with Crippen LogP contribution in [0.15, 0.2) is 48.5 Å². The lowest BCUT2D eigenvalue weighted by Gasteiger charge is -2.28. The van der Waals surface area contributed by atoms with Gasteiger partial charge in [0, 0.05) is 5.69 Å². The van der Waals surface area contributed by atoms with Crippen molar-refractivity contribution in [2.45, 2.75) is 19.6 Å². The first kappa shape index (κ1) is 20.0. The minimum absolute atomic E-state index is 0.263. The molecule has 1 atom stereocenters. The number of hydrogen-bond acceptors (Lipinski definition) is 6. The van der Waals surface area contributed by atoms with E-state index < -0.39 is 13.4 Å². The standard InChI is InChI=1S/C19H23N2O4P/c1-4-24-26(22,25-5-2)19(16-8-12-18(23-3)13-9-16)21-17-10-6-15(14-20)7-11-17/h6-13,19,21H,4-5H2,1-3H3.